The quantitative estimate of drug-likeness (QED) is 0.710. The monoisotopic (exact) mass is 234 g/mol. The Bertz CT molecular complexity index is 301. The molecule has 88 valence electrons. The zero-order valence-corrected chi connectivity index (χ0v) is 9.88. The van der Waals surface area contributed by atoms with Gasteiger partial charge in [-0.25, -0.2) is 8.42 Å². The Kier molecular flexibility index (Phi) is 4.73. The molecule has 1 saturated heterocycles. The molecule has 5 heteroatoms. The van der Waals surface area contributed by atoms with Crippen molar-refractivity contribution >= 4 is 15.6 Å². The zero-order valence-electron chi connectivity index (χ0n) is 9.07. The second kappa shape index (κ2) is 5.61. The van der Waals surface area contributed by atoms with Crippen molar-refractivity contribution in [1.29, 1.82) is 0 Å². The molecule has 1 unspecified atom stereocenters. The number of hydrogen-bond acceptors (Lipinski definition) is 4. The van der Waals surface area contributed by atoms with Crippen LogP contribution in [0.3, 0.4) is 0 Å². The van der Waals surface area contributed by atoms with E-state index in [1.807, 2.05) is 0 Å². The van der Waals surface area contributed by atoms with Gasteiger partial charge in [-0.3, -0.25) is 4.79 Å². The van der Waals surface area contributed by atoms with Crippen LogP contribution in [0.1, 0.15) is 32.1 Å². The van der Waals surface area contributed by atoms with E-state index in [0.29, 0.717) is 6.42 Å². The van der Waals surface area contributed by atoms with Crippen LogP contribution in [0.4, 0.5) is 0 Å². The van der Waals surface area contributed by atoms with E-state index in [4.69, 9.17) is 4.74 Å². The summed E-state index contributed by atoms with van der Waals surface area (Å²) < 4.78 is 27.1. The molecule has 0 radical (unpaired) electrons. The first kappa shape index (κ1) is 12.6. The number of rotatable bonds is 5. The van der Waals surface area contributed by atoms with E-state index in [1.54, 1.807) is 0 Å². The van der Waals surface area contributed by atoms with E-state index in [9.17, 15) is 13.2 Å². The van der Waals surface area contributed by atoms with Crippen molar-refractivity contribution < 1.29 is 17.9 Å². The predicted octanol–water partition coefficient (Wildman–Crippen LogP) is 0.949. The normalized spacial score (nSPS) is 22.6. The van der Waals surface area contributed by atoms with E-state index >= 15 is 0 Å². The topological polar surface area (TPSA) is 60.4 Å². The van der Waals surface area contributed by atoms with Crippen LogP contribution in [0, 0.1) is 0 Å². The van der Waals surface area contributed by atoms with Gasteiger partial charge in [0.1, 0.15) is 15.6 Å². The molecule has 1 aliphatic heterocycles. The van der Waals surface area contributed by atoms with E-state index in [-0.39, 0.29) is 24.1 Å². The average Bonchev–Trinajstić information content (AvgIpc) is 2.15. The lowest BCUT2D eigenvalue weighted by Gasteiger charge is -2.21. The largest absolute Gasteiger partial charge is 0.378 e. The summed E-state index contributed by atoms with van der Waals surface area (Å²) >= 11 is 0. The van der Waals surface area contributed by atoms with Crippen LogP contribution in [-0.4, -0.2) is 38.9 Å². The first-order valence-electron chi connectivity index (χ1n) is 5.28. The maximum Gasteiger partial charge on any atom is 0.147 e. The summed E-state index contributed by atoms with van der Waals surface area (Å²) in [5, 5.41) is 0. The van der Waals surface area contributed by atoms with E-state index < -0.39 is 9.84 Å². The van der Waals surface area contributed by atoms with Crippen LogP contribution in [0.5, 0.6) is 0 Å². The Morgan fingerprint density at radius 3 is 2.67 bits per heavy atom. The molecule has 15 heavy (non-hydrogen) atoms. The number of carbonyl (C=O) groups excluding carboxylic acids is 1. The second-order valence-corrected chi connectivity index (χ2v) is 6.37. The van der Waals surface area contributed by atoms with Gasteiger partial charge in [0, 0.05) is 25.7 Å². The average molecular weight is 234 g/mol. The molecule has 1 aliphatic rings. The highest BCUT2D eigenvalue weighted by Crippen LogP contribution is 2.16. The Balaban J connectivity index is 2.23. The van der Waals surface area contributed by atoms with Crippen LogP contribution >= 0.6 is 0 Å². The molecule has 0 bridgehead atoms. The molecule has 1 atom stereocenters. The molecule has 4 nitrogen and oxygen atoms in total. The lowest BCUT2D eigenvalue weighted by Crippen LogP contribution is -2.23. The summed E-state index contributed by atoms with van der Waals surface area (Å²) in [6.07, 6.45) is 4.75. The summed E-state index contributed by atoms with van der Waals surface area (Å²) in [4.78, 5) is 11.4. The molecule has 1 heterocycles. The fraction of sp³-hybridized carbons (Fsp3) is 0.900. The zero-order chi connectivity index (χ0) is 11.3. The van der Waals surface area contributed by atoms with Crippen molar-refractivity contribution in [3.05, 3.63) is 0 Å². The van der Waals surface area contributed by atoms with Crippen LogP contribution < -0.4 is 0 Å². The predicted molar refractivity (Wildman–Crippen MR) is 57.5 cm³/mol. The molecule has 0 amide bonds. The van der Waals surface area contributed by atoms with Gasteiger partial charge in [0.25, 0.3) is 0 Å². The van der Waals surface area contributed by atoms with Crippen molar-refractivity contribution in [1.82, 2.24) is 0 Å². The van der Waals surface area contributed by atoms with Crippen molar-refractivity contribution in [3.63, 3.8) is 0 Å². The van der Waals surface area contributed by atoms with Gasteiger partial charge in [-0.2, -0.15) is 0 Å². The number of hydrogen-bond donors (Lipinski definition) is 0. The second-order valence-electron chi connectivity index (χ2n) is 4.11. The van der Waals surface area contributed by atoms with Crippen LogP contribution in [0.15, 0.2) is 0 Å². The lowest BCUT2D eigenvalue weighted by atomic mass is 10.0. The maximum absolute atomic E-state index is 11.4. The molecule has 0 spiro atoms. The van der Waals surface area contributed by atoms with Crippen LogP contribution in [-0.2, 0) is 19.4 Å². The smallest absolute Gasteiger partial charge is 0.147 e. The fourth-order valence-electron chi connectivity index (χ4n) is 1.62. The van der Waals surface area contributed by atoms with Crippen molar-refractivity contribution in [2.24, 2.45) is 0 Å². The van der Waals surface area contributed by atoms with Crippen molar-refractivity contribution in [2.75, 3.05) is 18.6 Å². The van der Waals surface area contributed by atoms with E-state index in [0.717, 1.165) is 32.1 Å². The van der Waals surface area contributed by atoms with Gasteiger partial charge in [-0.15, -0.1) is 0 Å². The van der Waals surface area contributed by atoms with Crippen LogP contribution in [0.2, 0.25) is 0 Å². The Labute approximate surface area is 90.9 Å². The molecular formula is C10H18O4S. The Morgan fingerprint density at radius 1 is 1.40 bits per heavy atom. The van der Waals surface area contributed by atoms with Gasteiger partial charge >= 0.3 is 0 Å². The number of ether oxygens (including phenoxy) is 1. The molecule has 0 aromatic carbocycles. The molecule has 0 saturated carbocycles. The minimum absolute atomic E-state index is 0.00711. The summed E-state index contributed by atoms with van der Waals surface area (Å²) in [6, 6.07) is 0. The molecule has 0 aromatic heterocycles. The number of Topliss-reactive ketones (excluding diaryl/α,β-unsaturated/α-hetero) is 1. The maximum atomic E-state index is 11.4. The summed E-state index contributed by atoms with van der Waals surface area (Å²) in [7, 11) is -3.02. The molecule has 1 rings (SSSR count). The fourth-order valence-corrected chi connectivity index (χ4v) is 2.22. The minimum Gasteiger partial charge on any atom is -0.378 e. The Morgan fingerprint density at radius 2 is 2.13 bits per heavy atom. The van der Waals surface area contributed by atoms with Gasteiger partial charge < -0.3 is 4.74 Å². The molecule has 0 N–H and O–H groups in total. The van der Waals surface area contributed by atoms with Gasteiger partial charge in [-0.1, -0.05) is 0 Å². The van der Waals surface area contributed by atoms with Crippen molar-refractivity contribution in [2.45, 2.75) is 38.2 Å². The number of carbonyl (C=O) groups is 1. The third kappa shape index (κ3) is 5.89. The van der Waals surface area contributed by atoms with E-state index in [2.05, 4.69) is 0 Å². The van der Waals surface area contributed by atoms with Crippen LogP contribution in [0.25, 0.3) is 0 Å². The summed E-state index contributed by atoms with van der Waals surface area (Å²) in [5.41, 5.74) is 0. The standard InChI is InChI=1S/C10H18O4S/c1-15(12,13)7-5-9(11)8-10-4-2-3-6-14-10/h10H,2-8H2,1H3. The van der Waals surface area contributed by atoms with Gasteiger partial charge in [-0.05, 0) is 19.3 Å². The first-order valence-corrected chi connectivity index (χ1v) is 7.34. The minimum atomic E-state index is -3.02. The van der Waals surface area contributed by atoms with Gasteiger partial charge in [0.15, 0.2) is 0 Å². The molecule has 0 aliphatic carbocycles. The van der Waals surface area contributed by atoms with E-state index in [1.165, 1.54) is 0 Å². The highest BCUT2D eigenvalue weighted by molar-refractivity contribution is 7.90. The van der Waals surface area contributed by atoms with Gasteiger partial charge in [0.2, 0.25) is 0 Å². The highest BCUT2D eigenvalue weighted by Gasteiger charge is 2.18. The summed E-state index contributed by atoms with van der Waals surface area (Å²) in [5.74, 6) is -0.0502. The molecule has 0 aromatic rings. The molecule has 1 fully saturated rings. The first-order chi connectivity index (χ1) is 6.97. The number of ketones is 1. The Hall–Kier alpha value is -0.420. The van der Waals surface area contributed by atoms with Gasteiger partial charge in [0.05, 0.1) is 11.9 Å². The molecular weight excluding hydrogens is 216 g/mol. The third-order valence-corrected chi connectivity index (χ3v) is 3.43. The SMILES string of the molecule is CS(=O)(=O)CCC(=O)CC1CCCCO1. The summed E-state index contributed by atoms with van der Waals surface area (Å²) in [6.45, 7) is 0.726. The third-order valence-electron chi connectivity index (χ3n) is 2.48. The highest BCUT2D eigenvalue weighted by atomic mass is 32.2. The van der Waals surface area contributed by atoms with Crippen molar-refractivity contribution in [3.8, 4) is 0 Å². The lowest BCUT2D eigenvalue weighted by molar-refractivity contribution is -0.122. The number of sulfone groups is 1.